The highest BCUT2D eigenvalue weighted by atomic mass is 127. The van der Waals surface area contributed by atoms with Crippen molar-refractivity contribution in [3.63, 3.8) is 0 Å². The van der Waals surface area contributed by atoms with E-state index in [9.17, 15) is 14.0 Å². The van der Waals surface area contributed by atoms with Gasteiger partial charge in [0.15, 0.2) is 6.61 Å². The lowest BCUT2D eigenvalue weighted by atomic mass is 10.2. The lowest BCUT2D eigenvalue weighted by Crippen LogP contribution is -2.34. The molecule has 0 aliphatic rings. The van der Waals surface area contributed by atoms with E-state index in [1.165, 1.54) is 17.0 Å². The second-order valence-electron chi connectivity index (χ2n) is 5.12. The Kier molecular flexibility index (Phi) is 6.72. The van der Waals surface area contributed by atoms with Gasteiger partial charge in [-0.05, 0) is 71.5 Å². The third kappa shape index (κ3) is 5.30. The Morgan fingerprint density at radius 2 is 1.88 bits per heavy atom. The van der Waals surface area contributed by atoms with Crippen molar-refractivity contribution < 1.29 is 18.7 Å². The molecule has 0 N–H and O–H groups in total. The topological polar surface area (TPSA) is 46.6 Å². The summed E-state index contributed by atoms with van der Waals surface area (Å²) in [5, 5.41) is 0. The van der Waals surface area contributed by atoms with Crippen molar-refractivity contribution in [2.45, 2.75) is 13.5 Å². The Labute approximate surface area is 153 Å². The summed E-state index contributed by atoms with van der Waals surface area (Å²) in [5.41, 5.74) is 1.09. The fraction of sp³-hybridized carbons (Fsp3) is 0.222. The molecule has 0 unspecified atom stereocenters. The number of carbonyl (C=O) groups excluding carboxylic acids is 2. The Morgan fingerprint density at radius 1 is 1.17 bits per heavy atom. The fourth-order valence-electron chi connectivity index (χ4n) is 2.12. The molecule has 0 saturated carbocycles. The normalized spacial score (nSPS) is 10.3. The molecule has 0 aromatic heterocycles. The highest BCUT2D eigenvalue weighted by Crippen LogP contribution is 2.10. The molecule has 1 amide bonds. The highest BCUT2D eigenvalue weighted by Gasteiger charge is 2.16. The zero-order valence-electron chi connectivity index (χ0n) is 13.2. The van der Waals surface area contributed by atoms with Crippen LogP contribution in [0.5, 0.6) is 0 Å². The molecule has 0 aliphatic carbocycles. The fourth-order valence-corrected chi connectivity index (χ4v) is 2.48. The SMILES string of the molecule is CCN(Cc1cccc(F)c1)C(=O)COC(=O)c1ccc(I)cc1. The largest absolute Gasteiger partial charge is 0.452 e. The molecule has 0 saturated heterocycles. The molecule has 0 atom stereocenters. The van der Waals surface area contributed by atoms with Gasteiger partial charge < -0.3 is 9.64 Å². The van der Waals surface area contributed by atoms with E-state index >= 15 is 0 Å². The number of rotatable bonds is 6. The van der Waals surface area contributed by atoms with Gasteiger partial charge in [-0.3, -0.25) is 4.79 Å². The van der Waals surface area contributed by atoms with E-state index in [4.69, 9.17) is 4.74 Å². The summed E-state index contributed by atoms with van der Waals surface area (Å²) in [7, 11) is 0. The van der Waals surface area contributed by atoms with Crippen LogP contribution in [-0.4, -0.2) is 29.9 Å². The van der Waals surface area contributed by atoms with Crippen molar-refractivity contribution in [1.82, 2.24) is 4.90 Å². The van der Waals surface area contributed by atoms with Crippen molar-refractivity contribution in [3.05, 3.63) is 69.0 Å². The number of esters is 1. The van der Waals surface area contributed by atoms with Crippen LogP contribution in [0.15, 0.2) is 48.5 Å². The molecule has 6 heteroatoms. The number of carbonyl (C=O) groups is 2. The minimum Gasteiger partial charge on any atom is -0.452 e. The summed E-state index contributed by atoms with van der Waals surface area (Å²) < 4.78 is 19.3. The van der Waals surface area contributed by atoms with Gasteiger partial charge in [0, 0.05) is 16.7 Å². The number of nitrogens with zero attached hydrogens (tertiary/aromatic N) is 1. The quantitative estimate of drug-likeness (QED) is 0.508. The summed E-state index contributed by atoms with van der Waals surface area (Å²) in [6, 6.07) is 13.0. The van der Waals surface area contributed by atoms with Crippen molar-refractivity contribution in [3.8, 4) is 0 Å². The number of halogens is 2. The summed E-state index contributed by atoms with van der Waals surface area (Å²) in [5.74, 6) is -1.21. The zero-order valence-corrected chi connectivity index (χ0v) is 15.3. The molecule has 0 aliphatic heterocycles. The lowest BCUT2D eigenvalue weighted by molar-refractivity contribution is -0.134. The van der Waals surface area contributed by atoms with Crippen molar-refractivity contribution in [2.75, 3.05) is 13.2 Å². The zero-order chi connectivity index (χ0) is 17.5. The first-order valence-corrected chi connectivity index (χ1v) is 8.52. The number of ether oxygens (including phenoxy) is 1. The van der Waals surface area contributed by atoms with E-state index in [-0.39, 0.29) is 24.9 Å². The summed E-state index contributed by atoms with van der Waals surface area (Å²) in [6.07, 6.45) is 0. The first kappa shape index (κ1) is 18.4. The Bertz CT molecular complexity index is 718. The van der Waals surface area contributed by atoms with Crippen LogP contribution in [-0.2, 0) is 16.1 Å². The number of hydrogen-bond acceptors (Lipinski definition) is 3. The van der Waals surface area contributed by atoms with Crippen molar-refractivity contribution in [2.24, 2.45) is 0 Å². The van der Waals surface area contributed by atoms with Crippen LogP contribution in [0.4, 0.5) is 4.39 Å². The molecule has 126 valence electrons. The summed E-state index contributed by atoms with van der Waals surface area (Å²) in [6.45, 7) is 2.19. The second kappa shape index (κ2) is 8.77. The Hall–Kier alpha value is -1.96. The molecule has 2 aromatic carbocycles. The van der Waals surface area contributed by atoms with E-state index in [1.807, 2.05) is 6.92 Å². The van der Waals surface area contributed by atoms with Crippen LogP contribution in [0.3, 0.4) is 0 Å². The Balaban J connectivity index is 1.92. The van der Waals surface area contributed by atoms with Crippen LogP contribution in [0.2, 0.25) is 0 Å². The van der Waals surface area contributed by atoms with Gasteiger partial charge in [0.05, 0.1) is 5.56 Å². The molecule has 2 aromatic rings. The number of hydrogen-bond donors (Lipinski definition) is 0. The van der Waals surface area contributed by atoms with Gasteiger partial charge in [0.2, 0.25) is 0 Å². The van der Waals surface area contributed by atoms with Crippen LogP contribution < -0.4 is 0 Å². The molecule has 0 radical (unpaired) electrons. The van der Waals surface area contributed by atoms with Gasteiger partial charge in [0.1, 0.15) is 5.82 Å². The maximum atomic E-state index is 13.2. The molecular formula is C18H17FINO3. The van der Waals surface area contributed by atoms with Crippen LogP contribution >= 0.6 is 22.6 Å². The standard InChI is InChI=1S/C18H17FINO3/c1-2-21(11-13-4-3-5-15(19)10-13)17(22)12-24-18(23)14-6-8-16(20)9-7-14/h3-10H,2,11-12H2,1H3. The molecule has 4 nitrogen and oxygen atoms in total. The molecule has 0 bridgehead atoms. The van der Waals surface area contributed by atoms with Crippen molar-refractivity contribution in [1.29, 1.82) is 0 Å². The Morgan fingerprint density at radius 3 is 2.50 bits per heavy atom. The number of benzene rings is 2. The highest BCUT2D eigenvalue weighted by molar-refractivity contribution is 14.1. The van der Waals surface area contributed by atoms with E-state index < -0.39 is 5.97 Å². The van der Waals surface area contributed by atoms with Crippen LogP contribution in [0.1, 0.15) is 22.8 Å². The molecule has 0 fully saturated rings. The third-order valence-corrected chi connectivity index (χ3v) is 4.12. The smallest absolute Gasteiger partial charge is 0.338 e. The predicted octanol–water partition coefficient (Wildman–Crippen LogP) is 3.64. The second-order valence-corrected chi connectivity index (χ2v) is 6.37. The van der Waals surface area contributed by atoms with Gasteiger partial charge in [0.25, 0.3) is 5.91 Å². The third-order valence-electron chi connectivity index (χ3n) is 3.40. The first-order valence-electron chi connectivity index (χ1n) is 7.44. The molecule has 0 spiro atoms. The van der Waals surface area contributed by atoms with Gasteiger partial charge in [-0.15, -0.1) is 0 Å². The maximum absolute atomic E-state index is 13.2. The van der Waals surface area contributed by atoms with Crippen molar-refractivity contribution >= 4 is 34.5 Å². The maximum Gasteiger partial charge on any atom is 0.338 e. The van der Waals surface area contributed by atoms with E-state index in [0.29, 0.717) is 17.7 Å². The van der Waals surface area contributed by atoms with E-state index in [2.05, 4.69) is 22.6 Å². The van der Waals surface area contributed by atoms with Gasteiger partial charge in [-0.1, -0.05) is 12.1 Å². The van der Waals surface area contributed by atoms with Gasteiger partial charge >= 0.3 is 5.97 Å². The van der Waals surface area contributed by atoms with E-state index in [0.717, 1.165) is 3.57 Å². The van der Waals surface area contributed by atoms with Crippen LogP contribution in [0, 0.1) is 9.39 Å². The minimum absolute atomic E-state index is 0.272. The van der Waals surface area contributed by atoms with E-state index in [1.54, 1.807) is 36.4 Å². The monoisotopic (exact) mass is 441 g/mol. The summed E-state index contributed by atoms with van der Waals surface area (Å²) in [4.78, 5) is 25.6. The predicted molar refractivity (Wildman–Crippen MR) is 96.9 cm³/mol. The average Bonchev–Trinajstić information content (AvgIpc) is 2.58. The molecule has 0 heterocycles. The first-order chi connectivity index (χ1) is 11.5. The van der Waals surface area contributed by atoms with Gasteiger partial charge in [-0.25, -0.2) is 9.18 Å². The minimum atomic E-state index is -0.540. The average molecular weight is 441 g/mol. The lowest BCUT2D eigenvalue weighted by Gasteiger charge is -2.21. The van der Waals surface area contributed by atoms with Gasteiger partial charge in [-0.2, -0.15) is 0 Å². The molecular weight excluding hydrogens is 424 g/mol. The molecule has 24 heavy (non-hydrogen) atoms. The number of amides is 1. The van der Waals surface area contributed by atoms with Crippen LogP contribution in [0.25, 0.3) is 0 Å². The molecule has 2 rings (SSSR count). The summed E-state index contributed by atoms with van der Waals surface area (Å²) >= 11 is 2.14. The number of likely N-dealkylation sites (N-methyl/N-ethyl adjacent to an activating group) is 1.